The van der Waals surface area contributed by atoms with E-state index in [0.717, 1.165) is 11.1 Å². The Kier molecular flexibility index (Phi) is 4.89. The number of carbonyl (C=O) groups is 1. The lowest BCUT2D eigenvalue weighted by Crippen LogP contribution is -2.22. The second-order valence-corrected chi connectivity index (χ2v) is 5.55. The maximum atomic E-state index is 11.8. The van der Waals surface area contributed by atoms with Crippen LogP contribution in [0.5, 0.6) is 0 Å². The summed E-state index contributed by atoms with van der Waals surface area (Å²) in [7, 11) is 0. The highest BCUT2D eigenvalue weighted by atomic mass is 79.9. The average molecular weight is 294 g/mol. The fourth-order valence-electron chi connectivity index (χ4n) is 1.71. The number of Topliss-reactive ketones (excluding diaryl/α,β-unsaturated/α-hetero) is 1. The molecule has 1 aromatic rings. The first-order valence-corrected chi connectivity index (χ1v) is 6.55. The third kappa shape index (κ3) is 3.41. The van der Waals surface area contributed by atoms with Crippen LogP contribution in [-0.4, -0.2) is 10.6 Å². The Labute approximate surface area is 111 Å². The van der Waals surface area contributed by atoms with Crippen LogP contribution in [0, 0.1) is 24.2 Å². The first-order chi connectivity index (χ1) is 7.97. The van der Waals surface area contributed by atoms with E-state index >= 15 is 0 Å². The van der Waals surface area contributed by atoms with Gasteiger partial charge in [-0.3, -0.25) is 4.79 Å². The van der Waals surface area contributed by atoms with Crippen LogP contribution in [0.2, 0.25) is 0 Å². The van der Waals surface area contributed by atoms with Crippen LogP contribution in [0.25, 0.3) is 0 Å². The Hall–Kier alpha value is -1.14. The zero-order chi connectivity index (χ0) is 13.0. The van der Waals surface area contributed by atoms with E-state index in [1.165, 1.54) is 0 Å². The Balaban J connectivity index is 2.93. The molecule has 0 heterocycles. The molecular formula is C14H16BrNO. The maximum absolute atomic E-state index is 11.8. The van der Waals surface area contributed by atoms with Crippen LogP contribution >= 0.6 is 15.9 Å². The van der Waals surface area contributed by atoms with E-state index in [4.69, 9.17) is 5.26 Å². The molecule has 1 unspecified atom stereocenters. The van der Waals surface area contributed by atoms with Gasteiger partial charge in [0.15, 0.2) is 0 Å². The monoisotopic (exact) mass is 293 g/mol. The molecule has 0 fully saturated rings. The topological polar surface area (TPSA) is 40.9 Å². The molecule has 0 bridgehead atoms. The molecule has 1 atom stereocenters. The molecule has 3 heteroatoms. The van der Waals surface area contributed by atoms with Gasteiger partial charge >= 0.3 is 0 Å². The van der Waals surface area contributed by atoms with Crippen LogP contribution in [0.4, 0.5) is 0 Å². The fraction of sp³-hybridized carbons (Fsp3) is 0.429. The summed E-state index contributed by atoms with van der Waals surface area (Å²) in [4.78, 5) is 11.6. The number of carbonyl (C=O) groups excluding carboxylic acids is 1. The normalized spacial score (nSPS) is 12.2. The molecule has 17 heavy (non-hydrogen) atoms. The molecule has 0 aliphatic heterocycles. The zero-order valence-corrected chi connectivity index (χ0v) is 11.9. The Morgan fingerprint density at radius 1 is 1.47 bits per heavy atom. The van der Waals surface area contributed by atoms with Gasteiger partial charge in [0.2, 0.25) is 0 Å². The summed E-state index contributed by atoms with van der Waals surface area (Å²) in [5.74, 6) is 0.185. The van der Waals surface area contributed by atoms with Crippen molar-refractivity contribution in [3.8, 4) is 6.07 Å². The number of halogens is 1. The summed E-state index contributed by atoms with van der Waals surface area (Å²) in [5.41, 5.74) is 2.58. The van der Waals surface area contributed by atoms with Gasteiger partial charge in [-0.05, 0) is 24.5 Å². The number of aryl methyl sites for hydroxylation is 1. The van der Waals surface area contributed by atoms with Gasteiger partial charge in [0.05, 0.1) is 16.5 Å². The lowest BCUT2D eigenvalue weighted by atomic mass is 9.96. The highest BCUT2D eigenvalue weighted by Gasteiger charge is 2.20. The zero-order valence-electron chi connectivity index (χ0n) is 10.3. The number of hydrogen-bond donors (Lipinski definition) is 0. The van der Waals surface area contributed by atoms with Gasteiger partial charge in [-0.1, -0.05) is 48.0 Å². The van der Waals surface area contributed by atoms with Crippen molar-refractivity contribution < 1.29 is 4.79 Å². The van der Waals surface area contributed by atoms with Gasteiger partial charge in [-0.25, -0.2) is 0 Å². The molecule has 0 amide bonds. The number of ketones is 1. The Morgan fingerprint density at radius 3 is 2.65 bits per heavy atom. The van der Waals surface area contributed by atoms with Crippen molar-refractivity contribution >= 4 is 21.7 Å². The molecule has 0 saturated carbocycles. The van der Waals surface area contributed by atoms with E-state index in [1.807, 2.05) is 39.0 Å². The van der Waals surface area contributed by atoms with Crippen molar-refractivity contribution in [2.45, 2.75) is 32.0 Å². The molecule has 0 saturated heterocycles. The summed E-state index contributed by atoms with van der Waals surface area (Å²) in [6.45, 7) is 5.69. The number of benzene rings is 1. The van der Waals surface area contributed by atoms with E-state index in [2.05, 4.69) is 22.0 Å². The van der Waals surface area contributed by atoms with Gasteiger partial charge in [0.1, 0.15) is 5.78 Å². The standard InChI is InChI=1S/C14H16BrNO/c1-9(2)14(17)13(15)7-11-6-4-5-10(3)12(11)8-16/h4-6,9,13H,7H2,1-3H3. The molecular weight excluding hydrogens is 278 g/mol. The fourth-order valence-corrected chi connectivity index (χ4v) is 2.59. The van der Waals surface area contributed by atoms with Crippen LogP contribution in [0.3, 0.4) is 0 Å². The molecule has 0 aliphatic rings. The summed E-state index contributed by atoms with van der Waals surface area (Å²) < 4.78 is 0. The number of nitrogens with zero attached hydrogens (tertiary/aromatic N) is 1. The highest BCUT2D eigenvalue weighted by Crippen LogP contribution is 2.19. The second kappa shape index (κ2) is 5.97. The number of rotatable bonds is 4. The maximum Gasteiger partial charge on any atom is 0.149 e. The largest absolute Gasteiger partial charge is 0.298 e. The molecule has 2 nitrogen and oxygen atoms in total. The van der Waals surface area contributed by atoms with Gasteiger partial charge < -0.3 is 0 Å². The van der Waals surface area contributed by atoms with Gasteiger partial charge in [0, 0.05) is 5.92 Å². The molecule has 0 radical (unpaired) electrons. The highest BCUT2D eigenvalue weighted by molar-refractivity contribution is 9.10. The first kappa shape index (κ1) is 13.9. The lowest BCUT2D eigenvalue weighted by molar-refractivity contribution is -0.121. The summed E-state index contributed by atoms with van der Waals surface area (Å²) in [5, 5.41) is 9.11. The minimum atomic E-state index is -0.212. The van der Waals surface area contributed by atoms with Crippen molar-refractivity contribution in [1.29, 1.82) is 5.26 Å². The van der Waals surface area contributed by atoms with Crippen LogP contribution < -0.4 is 0 Å². The van der Waals surface area contributed by atoms with Crippen molar-refractivity contribution in [2.24, 2.45) is 5.92 Å². The molecule has 0 N–H and O–H groups in total. The first-order valence-electron chi connectivity index (χ1n) is 5.63. The average Bonchev–Trinajstić information content (AvgIpc) is 2.28. The van der Waals surface area contributed by atoms with Crippen molar-refractivity contribution in [2.75, 3.05) is 0 Å². The molecule has 1 aromatic carbocycles. The van der Waals surface area contributed by atoms with Gasteiger partial charge in [-0.15, -0.1) is 0 Å². The summed E-state index contributed by atoms with van der Waals surface area (Å²) in [6.07, 6.45) is 0.571. The summed E-state index contributed by atoms with van der Waals surface area (Å²) in [6, 6.07) is 7.95. The van der Waals surface area contributed by atoms with E-state index in [0.29, 0.717) is 12.0 Å². The smallest absolute Gasteiger partial charge is 0.149 e. The number of hydrogen-bond acceptors (Lipinski definition) is 2. The van der Waals surface area contributed by atoms with Gasteiger partial charge in [-0.2, -0.15) is 5.26 Å². The third-order valence-corrected chi connectivity index (χ3v) is 3.52. The minimum Gasteiger partial charge on any atom is -0.298 e. The SMILES string of the molecule is Cc1cccc(CC(Br)C(=O)C(C)C)c1C#N. The lowest BCUT2D eigenvalue weighted by Gasteiger charge is -2.13. The van der Waals surface area contributed by atoms with Crippen LogP contribution in [-0.2, 0) is 11.2 Å². The van der Waals surface area contributed by atoms with Crippen molar-refractivity contribution in [3.63, 3.8) is 0 Å². The van der Waals surface area contributed by atoms with Crippen molar-refractivity contribution in [1.82, 2.24) is 0 Å². The quantitative estimate of drug-likeness (QED) is 0.799. The van der Waals surface area contributed by atoms with Crippen LogP contribution in [0.15, 0.2) is 18.2 Å². The number of alkyl halides is 1. The molecule has 0 spiro atoms. The third-order valence-electron chi connectivity index (χ3n) is 2.75. The van der Waals surface area contributed by atoms with E-state index in [9.17, 15) is 4.79 Å². The Bertz CT molecular complexity index is 460. The van der Waals surface area contributed by atoms with E-state index in [1.54, 1.807) is 0 Å². The number of nitriles is 1. The molecule has 0 aliphatic carbocycles. The second-order valence-electron chi connectivity index (χ2n) is 4.45. The van der Waals surface area contributed by atoms with Gasteiger partial charge in [0.25, 0.3) is 0 Å². The van der Waals surface area contributed by atoms with Crippen LogP contribution in [0.1, 0.15) is 30.5 Å². The molecule has 90 valence electrons. The minimum absolute atomic E-state index is 0.00900. The molecule has 0 aromatic heterocycles. The van der Waals surface area contributed by atoms with Crippen molar-refractivity contribution in [3.05, 3.63) is 34.9 Å². The predicted octanol–water partition coefficient (Wildman–Crippen LogP) is 3.40. The summed E-state index contributed by atoms with van der Waals surface area (Å²) >= 11 is 3.41. The predicted molar refractivity (Wildman–Crippen MR) is 72.2 cm³/mol. The molecule has 1 rings (SSSR count). The van der Waals surface area contributed by atoms with E-state index < -0.39 is 0 Å². The Morgan fingerprint density at radius 2 is 2.12 bits per heavy atom. The van der Waals surface area contributed by atoms with E-state index in [-0.39, 0.29) is 16.5 Å².